The second-order valence-electron chi connectivity index (χ2n) is 6.76. The van der Waals surface area contributed by atoms with Crippen LogP contribution in [0.3, 0.4) is 0 Å². The maximum atomic E-state index is 12.2. The summed E-state index contributed by atoms with van der Waals surface area (Å²) in [6.07, 6.45) is -0.569. The van der Waals surface area contributed by atoms with Crippen molar-refractivity contribution in [1.82, 2.24) is 5.32 Å². The van der Waals surface area contributed by atoms with E-state index in [9.17, 15) is 22.8 Å². The van der Waals surface area contributed by atoms with E-state index in [-0.39, 0.29) is 5.56 Å². The number of benzene rings is 1. The lowest BCUT2D eigenvalue weighted by Crippen LogP contribution is -2.33. The molecule has 1 fully saturated rings. The molecule has 148 valence electrons. The molecule has 1 aromatic heterocycles. The Morgan fingerprint density at radius 2 is 2.00 bits per heavy atom. The average Bonchev–Trinajstić information content (AvgIpc) is 3.17. The first-order valence-electron chi connectivity index (χ1n) is 8.75. The number of alkyl halides is 3. The van der Waals surface area contributed by atoms with Crippen molar-refractivity contribution < 1.29 is 27.2 Å². The number of amides is 2. The number of carbonyl (C=O) groups is 2. The van der Waals surface area contributed by atoms with Crippen LogP contribution in [0.4, 0.5) is 18.9 Å². The van der Waals surface area contributed by atoms with Crippen molar-refractivity contribution in [3.05, 3.63) is 59.6 Å². The van der Waals surface area contributed by atoms with Crippen LogP contribution < -0.4 is 10.6 Å². The second kappa shape index (κ2) is 7.92. The van der Waals surface area contributed by atoms with E-state index in [1.807, 2.05) is 6.07 Å². The molecule has 3 rings (SSSR count). The zero-order valence-electron chi connectivity index (χ0n) is 15.0. The Labute approximate surface area is 159 Å². The van der Waals surface area contributed by atoms with Gasteiger partial charge in [-0.3, -0.25) is 9.59 Å². The summed E-state index contributed by atoms with van der Waals surface area (Å²) in [5.41, 5.74) is 0.307. The van der Waals surface area contributed by atoms with Gasteiger partial charge in [-0.05, 0) is 48.7 Å². The van der Waals surface area contributed by atoms with E-state index in [4.69, 9.17) is 4.42 Å². The number of carbonyl (C=O) groups excluding carboxylic acids is 2. The summed E-state index contributed by atoms with van der Waals surface area (Å²) in [4.78, 5) is 23.8. The standard InChI is InChI=1S/C20H19F3N2O3/c1-12-9-16(12)17-7-5-15(28-17)6-8-18(26)25-14-4-2-3-13(10-14)19(27)24-11-20(21,22)23/h2-8,10,12,16H,9,11H2,1H3,(H,24,27)(H,25,26)/b8-6+. The molecule has 0 radical (unpaired) electrons. The number of nitrogens with one attached hydrogen (secondary N) is 2. The van der Waals surface area contributed by atoms with Crippen molar-refractivity contribution >= 4 is 23.6 Å². The van der Waals surface area contributed by atoms with Gasteiger partial charge in [0.05, 0.1) is 0 Å². The number of rotatable bonds is 6. The molecule has 0 spiro atoms. The first kappa shape index (κ1) is 19.7. The van der Waals surface area contributed by atoms with Crippen LogP contribution in [0.2, 0.25) is 0 Å². The normalized spacial score (nSPS) is 18.9. The molecule has 1 saturated carbocycles. The van der Waals surface area contributed by atoms with Crippen LogP contribution in [0, 0.1) is 5.92 Å². The smallest absolute Gasteiger partial charge is 0.405 e. The molecule has 2 amide bonds. The van der Waals surface area contributed by atoms with E-state index in [2.05, 4.69) is 12.2 Å². The van der Waals surface area contributed by atoms with Crippen LogP contribution in [0.1, 0.15) is 41.1 Å². The molecule has 2 unspecified atom stereocenters. The van der Waals surface area contributed by atoms with E-state index in [1.165, 1.54) is 36.4 Å². The summed E-state index contributed by atoms with van der Waals surface area (Å²) in [6, 6.07) is 9.35. The van der Waals surface area contributed by atoms with Gasteiger partial charge in [0.25, 0.3) is 5.91 Å². The van der Waals surface area contributed by atoms with Crippen LogP contribution in [0.5, 0.6) is 0 Å². The van der Waals surface area contributed by atoms with E-state index in [0.717, 1.165) is 12.2 Å². The van der Waals surface area contributed by atoms with Gasteiger partial charge in [-0.2, -0.15) is 13.2 Å². The molecule has 0 saturated heterocycles. The monoisotopic (exact) mass is 392 g/mol. The fourth-order valence-electron chi connectivity index (χ4n) is 2.74. The topological polar surface area (TPSA) is 71.3 Å². The van der Waals surface area contributed by atoms with Crippen molar-refractivity contribution in [2.75, 3.05) is 11.9 Å². The highest BCUT2D eigenvalue weighted by molar-refractivity contribution is 6.03. The molecule has 0 aliphatic heterocycles. The zero-order chi connectivity index (χ0) is 20.3. The third kappa shape index (κ3) is 5.48. The highest BCUT2D eigenvalue weighted by atomic mass is 19.4. The summed E-state index contributed by atoms with van der Waals surface area (Å²) in [7, 11) is 0. The van der Waals surface area contributed by atoms with Gasteiger partial charge in [0, 0.05) is 23.2 Å². The third-order valence-electron chi connectivity index (χ3n) is 4.36. The van der Waals surface area contributed by atoms with Crippen LogP contribution in [-0.2, 0) is 4.79 Å². The first-order chi connectivity index (χ1) is 13.2. The lowest BCUT2D eigenvalue weighted by atomic mass is 10.2. The molecule has 1 aromatic carbocycles. The minimum absolute atomic E-state index is 0.0141. The van der Waals surface area contributed by atoms with Gasteiger partial charge in [0.1, 0.15) is 18.1 Å². The van der Waals surface area contributed by atoms with Crippen molar-refractivity contribution in [2.45, 2.75) is 25.4 Å². The Bertz CT molecular complexity index is 902. The SMILES string of the molecule is CC1CC1c1ccc(/C=C/C(=O)Nc2cccc(C(=O)NCC(F)(F)F)c2)o1. The molecule has 28 heavy (non-hydrogen) atoms. The Kier molecular flexibility index (Phi) is 5.58. The quantitative estimate of drug-likeness (QED) is 0.718. The molecule has 2 N–H and O–H groups in total. The number of hydrogen-bond donors (Lipinski definition) is 2. The van der Waals surface area contributed by atoms with Gasteiger partial charge in [0.15, 0.2) is 0 Å². The van der Waals surface area contributed by atoms with Crippen molar-refractivity contribution in [3.63, 3.8) is 0 Å². The van der Waals surface area contributed by atoms with Gasteiger partial charge in [-0.1, -0.05) is 13.0 Å². The van der Waals surface area contributed by atoms with Crippen LogP contribution in [0.15, 0.2) is 46.9 Å². The van der Waals surface area contributed by atoms with Crippen LogP contribution in [-0.4, -0.2) is 24.5 Å². The maximum Gasteiger partial charge on any atom is 0.405 e. The Balaban J connectivity index is 1.56. The van der Waals surface area contributed by atoms with E-state index in [0.29, 0.717) is 23.3 Å². The fourth-order valence-corrected chi connectivity index (χ4v) is 2.74. The molecule has 8 heteroatoms. The van der Waals surface area contributed by atoms with Gasteiger partial charge in [-0.15, -0.1) is 0 Å². The molecular weight excluding hydrogens is 373 g/mol. The molecule has 2 aromatic rings. The number of anilines is 1. The first-order valence-corrected chi connectivity index (χ1v) is 8.75. The van der Waals surface area contributed by atoms with Crippen LogP contribution in [0.25, 0.3) is 6.08 Å². The Morgan fingerprint density at radius 3 is 2.68 bits per heavy atom. The van der Waals surface area contributed by atoms with Crippen molar-refractivity contribution in [2.24, 2.45) is 5.92 Å². The van der Waals surface area contributed by atoms with Gasteiger partial charge in [-0.25, -0.2) is 0 Å². The highest BCUT2D eigenvalue weighted by Crippen LogP contribution is 2.47. The predicted molar refractivity (Wildman–Crippen MR) is 97.7 cm³/mol. The van der Waals surface area contributed by atoms with Crippen molar-refractivity contribution in [3.8, 4) is 0 Å². The third-order valence-corrected chi connectivity index (χ3v) is 4.36. The predicted octanol–water partition coefficient (Wildman–Crippen LogP) is 4.35. The molecule has 2 atom stereocenters. The lowest BCUT2D eigenvalue weighted by molar-refractivity contribution is -0.123. The lowest BCUT2D eigenvalue weighted by Gasteiger charge is -2.09. The fraction of sp³-hybridized carbons (Fsp3) is 0.300. The molecular formula is C20H19F3N2O3. The molecule has 1 heterocycles. The van der Waals surface area contributed by atoms with E-state index < -0.39 is 24.5 Å². The molecule has 5 nitrogen and oxygen atoms in total. The minimum Gasteiger partial charge on any atom is -0.461 e. The van der Waals surface area contributed by atoms with Gasteiger partial charge < -0.3 is 15.1 Å². The zero-order valence-corrected chi connectivity index (χ0v) is 15.0. The molecule has 1 aliphatic carbocycles. The molecule has 1 aliphatic rings. The summed E-state index contributed by atoms with van der Waals surface area (Å²) in [6.45, 7) is 0.726. The van der Waals surface area contributed by atoms with Gasteiger partial charge in [0.2, 0.25) is 5.91 Å². The summed E-state index contributed by atoms with van der Waals surface area (Å²) < 4.78 is 42.2. The van der Waals surface area contributed by atoms with E-state index >= 15 is 0 Å². The summed E-state index contributed by atoms with van der Waals surface area (Å²) in [5, 5.41) is 4.34. The Hall–Kier alpha value is -3.03. The highest BCUT2D eigenvalue weighted by Gasteiger charge is 2.36. The number of halogens is 3. The molecule has 0 bridgehead atoms. The average molecular weight is 392 g/mol. The van der Waals surface area contributed by atoms with E-state index in [1.54, 1.807) is 11.4 Å². The summed E-state index contributed by atoms with van der Waals surface area (Å²) in [5.74, 6) is 1.20. The number of furan rings is 1. The van der Waals surface area contributed by atoms with Crippen molar-refractivity contribution in [1.29, 1.82) is 0 Å². The maximum absolute atomic E-state index is 12.2. The Morgan fingerprint density at radius 1 is 1.25 bits per heavy atom. The largest absolute Gasteiger partial charge is 0.461 e. The minimum atomic E-state index is -4.49. The van der Waals surface area contributed by atoms with Gasteiger partial charge >= 0.3 is 6.18 Å². The summed E-state index contributed by atoms with van der Waals surface area (Å²) >= 11 is 0. The van der Waals surface area contributed by atoms with Crippen LogP contribution >= 0.6 is 0 Å². The second-order valence-corrected chi connectivity index (χ2v) is 6.76. The number of hydrogen-bond acceptors (Lipinski definition) is 3.